The molecule has 29 heavy (non-hydrogen) atoms. The third-order valence-corrected chi connectivity index (χ3v) is 5.14. The summed E-state index contributed by atoms with van der Waals surface area (Å²) in [5.74, 6) is 0.0123. The number of carbonyl (C=O) groups is 2. The van der Waals surface area contributed by atoms with Crippen LogP contribution in [0.4, 0.5) is 4.79 Å². The minimum absolute atomic E-state index is 0.0123. The van der Waals surface area contributed by atoms with Crippen LogP contribution in [0.2, 0.25) is 5.02 Å². The molecule has 1 saturated heterocycles. The molecule has 0 radical (unpaired) electrons. The molecule has 0 bridgehead atoms. The first kappa shape index (κ1) is 21.1. The van der Waals surface area contributed by atoms with Crippen LogP contribution >= 0.6 is 11.6 Å². The highest BCUT2D eigenvalue weighted by molar-refractivity contribution is 6.30. The number of halogens is 1. The fourth-order valence-electron chi connectivity index (χ4n) is 3.25. The van der Waals surface area contributed by atoms with Crippen LogP contribution in [0.3, 0.4) is 0 Å². The average molecular weight is 416 g/mol. The van der Waals surface area contributed by atoms with Crippen LogP contribution in [-0.4, -0.2) is 55.0 Å². The van der Waals surface area contributed by atoms with Gasteiger partial charge in [0.05, 0.1) is 13.2 Å². The molecule has 7 heteroatoms. The van der Waals surface area contributed by atoms with E-state index >= 15 is 0 Å². The van der Waals surface area contributed by atoms with E-state index in [0.29, 0.717) is 37.8 Å². The van der Waals surface area contributed by atoms with Gasteiger partial charge in [-0.05, 0) is 23.3 Å². The fraction of sp³-hybridized carbons (Fsp3) is 0.364. The van der Waals surface area contributed by atoms with E-state index in [1.54, 1.807) is 16.8 Å². The number of urea groups is 1. The van der Waals surface area contributed by atoms with Gasteiger partial charge in [0, 0.05) is 38.1 Å². The monoisotopic (exact) mass is 415 g/mol. The smallest absolute Gasteiger partial charge is 0.317 e. The molecule has 1 fully saturated rings. The zero-order chi connectivity index (χ0) is 20.6. The number of benzene rings is 2. The van der Waals surface area contributed by atoms with Gasteiger partial charge in [-0.3, -0.25) is 4.79 Å². The van der Waals surface area contributed by atoms with E-state index in [4.69, 9.17) is 16.3 Å². The molecule has 1 aliphatic rings. The first-order valence-corrected chi connectivity index (χ1v) is 10.1. The first-order valence-electron chi connectivity index (χ1n) is 9.70. The van der Waals surface area contributed by atoms with Crippen LogP contribution < -0.4 is 5.32 Å². The molecule has 0 spiro atoms. The number of rotatable bonds is 6. The third kappa shape index (κ3) is 6.21. The Morgan fingerprint density at radius 1 is 1.17 bits per heavy atom. The number of nitrogens with one attached hydrogen (secondary N) is 1. The molecule has 1 aliphatic heterocycles. The maximum absolute atomic E-state index is 12.6. The van der Waals surface area contributed by atoms with Crippen molar-refractivity contribution in [2.75, 3.05) is 33.3 Å². The fourth-order valence-corrected chi connectivity index (χ4v) is 3.38. The second-order valence-electron chi connectivity index (χ2n) is 7.07. The summed E-state index contributed by atoms with van der Waals surface area (Å²) in [4.78, 5) is 28.2. The quantitative estimate of drug-likeness (QED) is 0.785. The lowest BCUT2D eigenvalue weighted by Gasteiger charge is -2.33. The molecule has 3 amide bonds. The highest BCUT2D eigenvalue weighted by Gasteiger charge is 2.25. The van der Waals surface area contributed by atoms with Crippen molar-refractivity contribution in [1.29, 1.82) is 0 Å². The molecule has 6 nitrogen and oxygen atoms in total. The van der Waals surface area contributed by atoms with E-state index in [1.807, 2.05) is 54.6 Å². The summed E-state index contributed by atoms with van der Waals surface area (Å²) in [5.41, 5.74) is 2.06. The highest BCUT2D eigenvalue weighted by atomic mass is 35.5. The predicted molar refractivity (Wildman–Crippen MR) is 113 cm³/mol. The molecular formula is C22H26ClN3O3. The average Bonchev–Trinajstić information content (AvgIpc) is 2.75. The topological polar surface area (TPSA) is 61.9 Å². The Morgan fingerprint density at radius 3 is 2.62 bits per heavy atom. The maximum atomic E-state index is 12.6. The summed E-state index contributed by atoms with van der Waals surface area (Å²) in [6.07, 6.45) is 0.106. The van der Waals surface area contributed by atoms with Gasteiger partial charge in [0.15, 0.2) is 0 Å². The van der Waals surface area contributed by atoms with Gasteiger partial charge in [0.1, 0.15) is 6.10 Å². The standard InChI is InChI=1S/C22H26ClN3O3/c1-25(15-17-5-3-2-4-6-17)22(28)24-12-11-21(27)26-13-14-29-20(16-26)18-7-9-19(23)10-8-18/h2-10,20H,11-16H2,1H3,(H,24,28). The predicted octanol–water partition coefficient (Wildman–Crippen LogP) is 3.47. The Bertz CT molecular complexity index is 814. The van der Waals surface area contributed by atoms with Gasteiger partial charge in [-0.2, -0.15) is 0 Å². The van der Waals surface area contributed by atoms with Crippen molar-refractivity contribution in [2.24, 2.45) is 0 Å². The second kappa shape index (κ2) is 10.3. The van der Waals surface area contributed by atoms with Crippen LogP contribution in [0.15, 0.2) is 54.6 Å². The Kier molecular flexibility index (Phi) is 7.49. The molecular weight excluding hydrogens is 390 g/mol. The number of amides is 3. The molecule has 2 aromatic carbocycles. The van der Waals surface area contributed by atoms with Gasteiger partial charge in [-0.25, -0.2) is 4.79 Å². The van der Waals surface area contributed by atoms with Crippen LogP contribution in [0.1, 0.15) is 23.7 Å². The Morgan fingerprint density at radius 2 is 1.90 bits per heavy atom. The van der Waals surface area contributed by atoms with Crippen molar-refractivity contribution in [3.8, 4) is 0 Å². The van der Waals surface area contributed by atoms with Crippen LogP contribution in [-0.2, 0) is 16.1 Å². The SMILES string of the molecule is CN(Cc1ccccc1)C(=O)NCCC(=O)N1CCOC(c2ccc(Cl)cc2)C1. The van der Waals surface area contributed by atoms with Gasteiger partial charge >= 0.3 is 6.03 Å². The van der Waals surface area contributed by atoms with E-state index in [1.165, 1.54) is 0 Å². The molecule has 2 aromatic rings. The molecule has 1 heterocycles. The Hall–Kier alpha value is -2.57. The number of hydrogen-bond donors (Lipinski definition) is 1. The van der Waals surface area contributed by atoms with Gasteiger partial charge in [0.25, 0.3) is 0 Å². The summed E-state index contributed by atoms with van der Waals surface area (Å²) < 4.78 is 5.80. The largest absolute Gasteiger partial charge is 0.370 e. The number of carbonyl (C=O) groups excluding carboxylic acids is 2. The molecule has 1 N–H and O–H groups in total. The summed E-state index contributed by atoms with van der Waals surface area (Å²) in [5, 5.41) is 3.49. The van der Waals surface area contributed by atoms with E-state index in [0.717, 1.165) is 11.1 Å². The number of hydrogen-bond acceptors (Lipinski definition) is 3. The van der Waals surface area contributed by atoms with Gasteiger partial charge in [0.2, 0.25) is 5.91 Å². The number of morpholine rings is 1. The normalized spacial score (nSPS) is 16.3. The minimum Gasteiger partial charge on any atom is -0.370 e. The summed E-state index contributed by atoms with van der Waals surface area (Å²) >= 11 is 5.94. The lowest BCUT2D eigenvalue weighted by molar-refractivity contribution is -0.138. The van der Waals surface area contributed by atoms with Crippen molar-refractivity contribution < 1.29 is 14.3 Å². The molecule has 0 aliphatic carbocycles. The van der Waals surface area contributed by atoms with Crippen molar-refractivity contribution >= 4 is 23.5 Å². The lowest BCUT2D eigenvalue weighted by Crippen LogP contribution is -2.44. The van der Waals surface area contributed by atoms with E-state index in [-0.39, 0.29) is 24.5 Å². The first-order chi connectivity index (χ1) is 14.0. The Balaban J connectivity index is 1.42. The summed E-state index contributed by atoms with van der Waals surface area (Å²) in [6, 6.07) is 17.1. The van der Waals surface area contributed by atoms with Gasteiger partial charge in [-0.1, -0.05) is 54.1 Å². The summed E-state index contributed by atoms with van der Waals surface area (Å²) in [7, 11) is 1.74. The molecule has 154 valence electrons. The molecule has 1 atom stereocenters. The van der Waals surface area contributed by atoms with E-state index < -0.39 is 0 Å². The minimum atomic E-state index is -0.192. The molecule has 0 aromatic heterocycles. The van der Waals surface area contributed by atoms with Crippen LogP contribution in [0.5, 0.6) is 0 Å². The maximum Gasteiger partial charge on any atom is 0.317 e. The molecule has 1 unspecified atom stereocenters. The van der Waals surface area contributed by atoms with Crippen LogP contribution in [0, 0.1) is 0 Å². The van der Waals surface area contributed by atoms with Crippen molar-refractivity contribution in [3.05, 3.63) is 70.7 Å². The molecule has 0 saturated carbocycles. The van der Waals surface area contributed by atoms with Crippen molar-refractivity contribution in [2.45, 2.75) is 19.1 Å². The zero-order valence-corrected chi connectivity index (χ0v) is 17.3. The van der Waals surface area contributed by atoms with E-state index in [2.05, 4.69) is 5.32 Å². The Labute approximate surface area is 176 Å². The highest BCUT2D eigenvalue weighted by Crippen LogP contribution is 2.24. The summed E-state index contributed by atoms with van der Waals surface area (Å²) in [6.45, 7) is 2.38. The van der Waals surface area contributed by atoms with Crippen molar-refractivity contribution in [1.82, 2.24) is 15.1 Å². The second-order valence-corrected chi connectivity index (χ2v) is 7.51. The van der Waals surface area contributed by atoms with Crippen molar-refractivity contribution in [3.63, 3.8) is 0 Å². The van der Waals surface area contributed by atoms with Gasteiger partial charge in [-0.15, -0.1) is 0 Å². The lowest BCUT2D eigenvalue weighted by atomic mass is 10.1. The third-order valence-electron chi connectivity index (χ3n) is 4.89. The zero-order valence-electron chi connectivity index (χ0n) is 16.5. The molecule has 3 rings (SSSR count). The van der Waals surface area contributed by atoms with Gasteiger partial charge < -0.3 is 19.9 Å². The number of nitrogens with zero attached hydrogens (tertiary/aromatic N) is 2. The van der Waals surface area contributed by atoms with E-state index in [9.17, 15) is 9.59 Å². The van der Waals surface area contributed by atoms with Crippen LogP contribution in [0.25, 0.3) is 0 Å². The number of ether oxygens (including phenoxy) is 1.